The van der Waals surface area contributed by atoms with E-state index in [0.717, 1.165) is 24.2 Å². The number of rotatable bonds is 3. The van der Waals surface area contributed by atoms with Crippen molar-refractivity contribution in [3.05, 3.63) is 41.9 Å². The van der Waals surface area contributed by atoms with Gasteiger partial charge in [0.2, 0.25) is 0 Å². The highest BCUT2D eigenvalue weighted by Crippen LogP contribution is 2.30. The van der Waals surface area contributed by atoms with Crippen LogP contribution in [0.25, 0.3) is 0 Å². The van der Waals surface area contributed by atoms with Gasteiger partial charge in [-0.1, -0.05) is 0 Å². The lowest BCUT2D eigenvalue weighted by Crippen LogP contribution is -2.25. The van der Waals surface area contributed by atoms with Crippen LogP contribution in [-0.4, -0.2) is 34.1 Å². The number of pyridine rings is 1. The van der Waals surface area contributed by atoms with E-state index in [9.17, 15) is 13.2 Å². The van der Waals surface area contributed by atoms with E-state index in [1.54, 1.807) is 12.4 Å². The molecule has 3 rings (SSSR count). The molecule has 2 aromatic rings. The van der Waals surface area contributed by atoms with Gasteiger partial charge < -0.3 is 9.64 Å². The Balaban J connectivity index is 1.62. The highest BCUT2D eigenvalue weighted by molar-refractivity contribution is 5.41. The molecule has 1 aliphatic heterocycles. The van der Waals surface area contributed by atoms with Gasteiger partial charge in [0.1, 0.15) is 11.9 Å². The Morgan fingerprint density at radius 3 is 2.48 bits per heavy atom. The zero-order valence-corrected chi connectivity index (χ0v) is 12.4. The van der Waals surface area contributed by atoms with Crippen LogP contribution in [0.1, 0.15) is 17.5 Å². The van der Waals surface area contributed by atoms with Crippen LogP contribution in [0.5, 0.6) is 6.01 Å². The Hall–Kier alpha value is -2.38. The van der Waals surface area contributed by atoms with E-state index in [4.69, 9.17) is 4.74 Å². The summed E-state index contributed by atoms with van der Waals surface area (Å²) in [6, 6.07) is 2.73. The molecule has 2 aromatic heterocycles. The van der Waals surface area contributed by atoms with Gasteiger partial charge in [-0.15, -0.1) is 0 Å². The van der Waals surface area contributed by atoms with E-state index >= 15 is 0 Å². The molecule has 0 bridgehead atoms. The fraction of sp³-hybridized carbons (Fsp3) is 0.400. The van der Waals surface area contributed by atoms with Crippen LogP contribution in [0.3, 0.4) is 0 Å². The summed E-state index contributed by atoms with van der Waals surface area (Å²) in [5, 5.41) is 0. The maximum Gasteiger partial charge on any atom is 0.417 e. The first kappa shape index (κ1) is 15.5. The first-order chi connectivity index (χ1) is 10.9. The molecule has 122 valence electrons. The molecule has 23 heavy (non-hydrogen) atoms. The molecule has 0 spiro atoms. The first-order valence-corrected chi connectivity index (χ1v) is 7.15. The molecule has 5 nitrogen and oxygen atoms in total. The average Bonchev–Trinajstić information content (AvgIpc) is 2.97. The highest BCUT2D eigenvalue weighted by Gasteiger charge is 2.31. The number of aromatic nitrogens is 3. The van der Waals surface area contributed by atoms with Gasteiger partial charge in [0, 0.05) is 31.6 Å². The van der Waals surface area contributed by atoms with E-state index in [-0.39, 0.29) is 6.10 Å². The number of alkyl halides is 3. The molecule has 8 heteroatoms. The number of ether oxygens (including phenoxy) is 1. The molecule has 0 saturated carbocycles. The zero-order valence-electron chi connectivity index (χ0n) is 12.4. The molecule has 1 unspecified atom stereocenters. The average molecular weight is 324 g/mol. The summed E-state index contributed by atoms with van der Waals surface area (Å²) >= 11 is 0. The molecule has 1 aliphatic rings. The minimum atomic E-state index is -4.37. The van der Waals surface area contributed by atoms with Gasteiger partial charge in [0.05, 0.1) is 12.1 Å². The molecule has 0 amide bonds. The molecular weight excluding hydrogens is 309 g/mol. The maximum absolute atomic E-state index is 12.5. The molecule has 1 atom stereocenters. The summed E-state index contributed by atoms with van der Waals surface area (Å²) in [6.45, 7) is 3.09. The minimum Gasteiger partial charge on any atom is -0.458 e. The van der Waals surface area contributed by atoms with Gasteiger partial charge in [0.25, 0.3) is 0 Å². The van der Waals surface area contributed by atoms with Gasteiger partial charge in [-0.2, -0.15) is 13.2 Å². The molecule has 3 heterocycles. The van der Waals surface area contributed by atoms with E-state index < -0.39 is 11.7 Å². The van der Waals surface area contributed by atoms with Gasteiger partial charge in [-0.3, -0.25) is 0 Å². The van der Waals surface area contributed by atoms with Crippen LogP contribution in [-0.2, 0) is 6.18 Å². The fourth-order valence-corrected chi connectivity index (χ4v) is 2.36. The SMILES string of the molecule is Cc1cnc(OC2CCN(c3ccc(C(F)(F)F)cn3)C2)nc1. The molecule has 0 N–H and O–H groups in total. The smallest absolute Gasteiger partial charge is 0.417 e. The normalized spacial score (nSPS) is 18.3. The van der Waals surface area contributed by atoms with Crippen LogP contribution in [0.2, 0.25) is 0 Å². The third-order valence-corrected chi connectivity index (χ3v) is 3.57. The predicted octanol–water partition coefficient (Wildman–Crippen LogP) is 2.86. The van der Waals surface area contributed by atoms with Crippen molar-refractivity contribution in [2.45, 2.75) is 25.6 Å². The second kappa shape index (κ2) is 6.02. The number of aryl methyl sites for hydroxylation is 1. The summed E-state index contributed by atoms with van der Waals surface area (Å²) in [4.78, 5) is 14.0. The van der Waals surface area contributed by atoms with Crippen LogP contribution in [0.15, 0.2) is 30.7 Å². The molecule has 1 fully saturated rings. The lowest BCUT2D eigenvalue weighted by atomic mass is 10.3. The second-order valence-electron chi connectivity index (χ2n) is 5.42. The Morgan fingerprint density at radius 1 is 1.13 bits per heavy atom. The lowest BCUT2D eigenvalue weighted by Gasteiger charge is -2.18. The highest BCUT2D eigenvalue weighted by atomic mass is 19.4. The van der Waals surface area contributed by atoms with Crippen molar-refractivity contribution in [3.63, 3.8) is 0 Å². The minimum absolute atomic E-state index is 0.109. The standard InChI is InChI=1S/C15H15F3N4O/c1-10-6-20-14(21-7-10)23-12-4-5-22(9-12)13-3-2-11(8-19-13)15(16,17)18/h2-3,6-8,12H,4-5,9H2,1H3. The zero-order chi connectivity index (χ0) is 16.4. The van der Waals surface area contributed by atoms with Crippen LogP contribution in [0, 0.1) is 6.92 Å². The summed E-state index contributed by atoms with van der Waals surface area (Å²) in [7, 11) is 0. The molecular formula is C15H15F3N4O. The fourth-order valence-electron chi connectivity index (χ4n) is 2.36. The van der Waals surface area contributed by atoms with E-state index in [1.165, 1.54) is 6.07 Å². The van der Waals surface area contributed by atoms with Crippen molar-refractivity contribution in [3.8, 4) is 6.01 Å². The van der Waals surface area contributed by atoms with Crippen molar-refractivity contribution in [1.82, 2.24) is 15.0 Å². The van der Waals surface area contributed by atoms with Gasteiger partial charge >= 0.3 is 12.2 Å². The largest absolute Gasteiger partial charge is 0.458 e. The monoisotopic (exact) mass is 324 g/mol. The van der Waals surface area contributed by atoms with Crippen molar-refractivity contribution >= 4 is 5.82 Å². The van der Waals surface area contributed by atoms with E-state index in [1.807, 2.05) is 11.8 Å². The number of nitrogens with zero attached hydrogens (tertiary/aromatic N) is 4. The predicted molar refractivity (Wildman–Crippen MR) is 77.3 cm³/mol. The molecule has 1 saturated heterocycles. The Bertz CT molecular complexity index is 658. The van der Waals surface area contributed by atoms with Crippen LogP contribution in [0.4, 0.5) is 19.0 Å². The molecule has 0 aliphatic carbocycles. The molecule has 0 radical (unpaired) electrons. The van der Waals surface area contributed by atoms with E-state index in [0.29, 0.717) is 24.9 Å². The summed E-state index contributed by atoms with van der Waals surface area (Å²) in [5.41, 5.74) is 0.195. The maximum atomic E-state index is 12.5. The molecule has 0 aromatic carbocycles. The Kier molecular flexibility index (Phi) is 4.06. The number of hydrogen-bond acceptors (Lipinski definition) is 5. The summed E-state index contributed by atoms with van der Waals surface area (Å²) < 4.78 is 43.3. The second-order valence-corrected chi connectivity index (χ2v) is 5.42. The summed E-state index contributed by atoms with van der Waals surface area (Å²) in [5.74, 6) is 0.508. The van der Waals surface area contributed by atoms with Gasteiger partial charge in [-0.25, -0.2) is 15.0 Å². The van der Waals surface area contributed by atoms with Gasteiger partial charge in [-0.05, 0) is 24.6 Å². The van der Waals surface area contributed by atoms with Gasteiger partial charge in [0.15, 0.2) is 0 Å². The topological polar surface area (TPSA) is 51.1 Å². The van der Waals surface area contributed by atoms with Crippen molar-refractivity contribution in [1.29, 1.82) is 0 Å². The third-order valence-electron chi connectivity index (χ3n) is 3.57. The third kappa shape index (κ3) is 3.69. The Labute approximate surface area is 131 Å². The first-order valence-electron chi connectivity index (χ1n) is 7.15. The van der Waals surface area contributed by atoms with Crippen LogP contribution >= 0.6 is 0 Å². The van der Waals surface area contributed by atoms with Crippen molar-refractivity contribution in [2.75, 3.05) is 18.0 Å². The quantitative estimate of drug-likeness (QED) is 0.869. The van der Waals surface area contributed by atoms with Crippen LogP contribution < -0.4 is 9.64 Å². The van der Waals surface area contributed by atoms with Crippen molar-refractivity contribution < 1.29 is 17.9 Å². The van der Waals surface area contributed by atoms with E-state index in [2.05, 4.69) is 15.0 Å². The number of halogens is 3. The Morgan fingerprint density at radius 2 is 1.87 bits per heavy atom. The summed E-state index contributed by atoms with van der Waals surface area (Å²) in [6.07, 6.45) is 0.456. The number of hydrogen-bond donors (Lipinski definition) is 0. The van der Waals surface area contributed by atoms with Crippen molar-refractivity contribution in [2.24, 2.45) is 0 Å². The lowest BCUT2D eigenvalue weighted by molar-refractivity contribution is -0.137. The number of anilines is 1.